The van der Waals surface area contributed by atoms with Gasteiger partial charge in [-0.1, -0.05) is 18.2 Å². The molecule has 0 atom stereocenters. The summed E-state index contributed by atoms with van der Waals surface area (Å²) in [6, 6.07) is 15.6. The zero-order chi connectivity index (χ0) is 22.9. The zero-order valence-electron chi connectivity index (χ0n) is 17.9. The minimum atomic E-state index is -0.347. The number of benzene rings is 1. The van der Waals surface area contributed by atoms with Crippen LogP contribution in [0.15, 0.2) is 65.3 Å². The Labute approximate surface area is 185 Å². The highest BCUT2D eigenvalue weighted by atomic mass is 16.3. The Balaban J connectivity index is 1.51. The van der Waals surface area contributed by atoms with E-state index >= 15 is 0 Å². The first-order valence-electron chi connectivity index (χ1n) is 10.0. The standard InChI is InChI=1S/C23H25N5O4/c1-16-7-5-11-20(25-16)27-22(30)15-28(2)14-21(29)26-19-10-4-3-9-18(19)23(31)24-13-17-8-6-12-32-17/h3-12H,13-15H2,1-2H3,(H,24,31)(H,26,29)(H,25,27,30). The molecule has 0 bridgehead atoms. The Bertz CT molecular complexity index is 1080. The summed E-state index contributed by atoms with van der Waals surface area (Å²) in [5, 5.41) is 8.19. The fourth-order valence-electron chi connectivity index (χ4n) is 3.00. The smallest absolute Gasteiger partial charge is 0.253 e. The van der Waals surface area contributed by atoms with E-state index in [0.29, 0.717) is 22.8 Å². The summed E-state index contributed by atoms with van der Waals surface area (Å²) in [4.78, 5) is 43.0. The summed E-state index contributed by atoms with van der Waals surface area (Å²) in [7, 11) is 1.66. The van der Waals surface area contributed by atoms with Gasteiger partial charge in [-0.3, -0.25) is 19.3 Å². The lowest BCUT2D eigenvalue weighted by Crippen LogP contribution is -2.36. The van der Waals surface area contributed by atoms with Gasteiger partial charge in [-0.05, 0) is 50.4 Å². The monoisotopic (exact) mass is 435 g/mol. The van der Waals surface area contributed by atoms with Crippen LogP contribution in [0.2, 0.25) is 0 Å². The summed E-state index contributed by atoms with van der Waals surface area (Å²) in [6.45, 7) is 2.05. The molecule has 0 saturated heterocycles. The van der Waals surface area contributed by atoms with Gasteiger partial charge in [-0.25, -0.2) is 4.98 Å². The number of hydrogen-bond donors (Lipinski definition) is 3. The number of likely N-dealkylation sites (N-methyl/N-ethyl adjacent to an activating group) is 1. The number of aromatic nitrogens is 1. The maximum atomic E-state index is 12.5. The second-order valence-corrected chi connectivity index (χ2v) is 7.24. The SMILES string of the molecule is Cc1cccc(NC(=O)CN(C)CC(=O)Nc2ccccc2C(=O)NCc2ccco2)n1. The average Bonchev–Trinajstić information content (AvgIpc) is 3.25. The lowest BCUT2D eigenvalue weighted by atomic mass is 10.1. The van der Waals surface area contributed by atoms with Gasteiger partial charge in [0.25, 0.3) is 5.91 Å². The fraction of sp³-hybridized carbons (Fsp3) is 0.217. The van der Waals surface area contributed by atoms with Gasteiger partial charge in [0.2, 0.25) is 11.8 Å². The largest absolute Gasteiger partial charge is 0.467 e. The first-order valence-corrected chi connectivity index (χ1v) is 10.0. The molecule has 0 unspecified atom stereocenters. The fourth-order valence-corrected chi connectivity index (χ4v) is 3.00. The van der Waals surface area contributed by atoms with Gasteiger partial charge in [0.1, 0.15) is 11.6 Å². The lowest BCUT2D eigenvalue weighted by molar-refractivity contribution is -0.119. The minimum absolute atomic E-state index is 0.00826. The van der Waals surface area contributed by atoms with Gasteiger partial charge in [0, 0.05) is 5.69 Å². The summed E-state index contributed by atoms with van der Waals surface area (Å²) >= 11 is 0. The highest BCUT2D eigenvalue weighted by Gasteiger charge is 2.16. The highest BCUT2D eigenvalue weighted by molar-refractivity contribution is 6.04. The van der Waals surface area contributed by atoms with Crippen molar-refractivity contribution < 1.29 is 18.8 Å². The van der Waals surface area contributed by atoms with Crippen molar-refractivity contribution in [2.45, 2.75) is 13.5 Å². The van der Waals surface area contributed by atoms with Crippen molar-refractivity contribution in [1.82, 2.24) is 15.2 Å². The van der Waals surface area contributed by atoms with E-state index in [-0.39, 0.29) is 37.4 Å². The molecule has 0 fully saturated rings. The molecule has 32 heavy (non-hydrogen) atoms. The molecule has 9 heteroatoms. The van der Waals surface area contributed by atoms with Crippen LogP contribution in [0.1, 0.15) is 21.8 Å². The Morgan fingerprint density at radius 2 is 1.69 bits per heavy atom. The molecule has 0 spiro atoms. The molecule has 3 aromatic rings. The van der Waals surface area contributed by atoms with Crippen molar-refractivity contribution in [3.05, 3.63) is 77.9 Å². The molecule has 2 heterocycles. The molecule has 9 nitrogen and oxygen atoms in total. The van der Waals surface area contributed by atoms with Gasteiger partial charge in [-0.2, -0.15) is 0 Å². The first-order chi connectivity index (χ1) is 15.4. The van der Waals surface area contributed by atoms with E-state index in [2.05, 4.69) is 20.9 Å². The van der Waals surface area contributed by atoms with Gasteiger partial charge >= 0.3 is 0 Å². The number of furan rings is 1. The molecule has 3 N–H and O–H groups in total. The quantitative estimate of drug-likeness (QED) is 0.475. The third-order valence-corrected chi connectivity index (χ3v) is 4.43. The van der Waals surface area contributed by atoms with E-state index in [9.17, 15) is 14.4 Å². The molecule has 0 aliphatic heterocycles. The van der Waals surface area contributed by atoms with Crippen LogP contribution in [0.5, 0.6) is 0 Å². The lowest BCUT2D eigenvalue weighted by Gasteiger charge is -2.17. The van der Waals surface area contributed by atoms with Crippen LogP contribution in [0.3, 0.4) is 0 Å². The number of para-hydroxylation sites is 1. The van der Waals surface area contributed by atoms with Crippen molar-refractivity contribution in [2.24, 2.45) is 0 Å². The normalized spacial score (nSPS) is 10.6. The number of amides is 3. The van der Waals surface area contributed by atoms with Crippen LogP contribution in [0, 0.1) is 6.92 Å². The predicted octanol–water partition coefficient (Wildman–Crippen LogP) is 2.42. The van der Waals surface area contributed by atoms with Crippen LogP contribution in [0.25, 0.3) is 0 Å². The summed E-state index contributed by atoms with van der Waals surface area (Å²) < 4.78 is 5.21. The molecule has 0 aliphatic carbocycles. The average molecular weight is 435 g/mol. The van der Waals surface area contributed by atoms with Gasteiger partial charge < -0.3 is 20.4 Å². The molecular weight excluding hydrogens is 410 g/mol. The number of hydrogen-bond acceptors (Lipinski definition) is 6. The Kier molecular flexibility index (Phi) is 7.71. The number of anilines is 2. The van der Waals surface area contributed by atoms with Crippen LogP contribution in [-0.2, 0) is 16.1 Å². The molecule has 2 aromatic heterocycles. The number of nitrogens with zero attached hydrogens (tertiary/aromatic N) is 2. The number of nitrogens with one attached hydrogen (secondary N) is 3. The molecule has 166 valence electrons. The van der Waals surface area contributed by atoms with E-state index in [1.807, 2.05) is 13.0 Å². The van der Waals surface area contributed by atoms with Crippen molar-refractivity contribution >= 4 is 29.2 Å². The van der Waals surface area contributed by atoms with E-state index in [1.54, 1.807) is 60.5 Å². The Morgan fingerprint density at radius 3 is 2.41 bits per heavy atom. The van der Waals surface area contributed by atoms with Gasteiger partial charge in [-0.15, -0.1) is 0 Å². The summed E-state index contributed by atoms with van der Waals surface area (Å²) in [5.41, 5.74) is 1.51. The number of pyridine rings is 1. The van der Waals surface area contributed by atoms with Crippen LogP contribution < -0.4 is 16.0 Å². The Morgan fingerprint density at radius 1 is 0.938 bits per heavy atom. The van der Waals surface area contributed by atoms with E-state index in [4.69, 9.17) is 4.42 Å². The molecule has 1 aromatic carbocycles. The van der Waals surface area contributed by atoms with Crippen molar-refractivity contribution in [2.75, 3.05) is 30.8 Å². The molecule has 0 saturated carbocycles. The summed E-state index contributed by atoms with van der Waals surface area (Å²) in [5.74, 6) is 0.120. The summed E-state index contributed by atoms with van der Waals surface area (Å²) in [6.07, 6.45) is 1.53. The zero-order valence-corrected chi connectivity index (χ0v) is 17.9. The third kappa shape index (κ3) is 6.78. The molecular formula is C23H25N5O4. The topological polar surface area (TPSA) is 117 Å². The molecule has 3 rings (SSSR count). The number of carbonyl (C=O) groups excluding carboxylic acids is 3. The molecule has 0 aliphatic rings. The van der Waals surface area contributed by atoms with Crippen LogP contribution >= 0.6 is 0 Å². The molecule has 0 radical (unpaired) electrons. The maximum Gasteiger partial charge on any atom is 0.253 e. The van der Waals surface area contributed by atoms with Crippen LogP contribution in [-0.4, -0.2) is 47.7 Å². The molecule has 3 amide bonds. The number of rotatable bonds is 9. The van der Waals surface area contributed by atoms with Gasteiger partial charge in [0.05, 0.1) is 37.1 Å². The first kappa shape index (κ1) is 22.7. The van der Waals surface area contributed by atoms with Crippen molar-refractivity contribution in [3.63, 3.8) is 0 Å². The second-order valence-electron chi connectivity index (χ2n) is 7.24. The Hall–Kier alpha value is -3.98. The van der Waals surface area contributed by atoms with E-state index in [0.717, 1.165) is 5.69 Å². The minimum Gasteiger partial charge on any atom is -0.467 e. The second kappa shape index (κ2) is 10.9. The number of carbonyl (C=O) groups is 3. The maximum absolute atomic E-state index is 12.5. The van der Waals surface area contributed by atoms with Crippen molar-refractivity contribution in [3.8, 4) is 0 Å². The third-order valence-electron chi connectivity index (χ3n) is 4.43. The number of aryl methyl sites for hydroxylation is 1. The van der Waals surface area contributed by atoms with Crippen LogP contribution in [0.4, 0.5) is 11.5 Å². The predicted molar refractivity (Wildman–Crippen MR) is 120 cm³/mol. The highest BCUT2D eigenvalue weighted by Crippen LogP contribution is 2.15. The van der Waals surface area contributed by atoms with Crippen molar-refractivity contribution in [1.29, 1.82) is 0 Å². The van der Waals surface area contributed by atoms with Gasteiger partial charge in [0.15, 0.2) is 0 Å². The van der Waals surface area contributed by atoms with E-state index < -0.39 is 0 Å². The van der Waals surface area contributed by atoms with E-state index in [1.165, 1.54) is 6.26 Å².